The molecule has 28 heavy (non-hydrogen) atoms. The lowest BCUT2D eigenvalue weighted by molar-refractivity contribution is -0.125. The Morgan fingerprint density at radius 3 is 2.50 bits per heavy atom. The summed E-state index contributed by atoms with van der Waals surface area (Å²) in [6, 6.07) is 8.62. The van der Waals surface area contributed by atoms with Gasteiger partial charge in [0.25, 0.3) is 0 Å². The van der Waals surface area contributed by atoms with Crippen molar-refractivity contribution in [3.8, 4) is 11.5 Å². The molecule has 1 saturated heterocycles. The van der Waals surface area contributed by atoms with Crippen molar-refractivity contribution in [2.75, 3.05) is 24.5 Å². The van der Waals surface area contributed by atoms with E-state index < -0.39 is 0 Å². The lowest BCUT2D eigenvalue weighted by Gasteiger charge is -2.30. The number of carbonyl (C=O) groups excluding carboxylic acids is 1. The first kappa shape index (κ1) is 19.0. The van der Waals surface area contributed by atoms with Gasteiger partial charge in [0.05, 0.1) is 0 Å². The van der Waals surface area contributed by atoms with Gasteiger partial charge < -0.3 is 14.6 Å². The van der Waals surface area contributed by atoms with Crippen LogP contribution < -0.4 is 10.2 Å². The number of hydrogen-bond donors (Lipinski definition) is 1. The average molecular weight is 383 g/mol. The fraction of sp³-hybridized carbons (Fsp3) is 0.591. The summed E-state index contributed by atoms with van der Waals surface area (Å²) in [5, 5.41) is 11.6. The van der Waals surface area contributed by atoms with Gasteiger partial charge in [0.1, 0.15) is 0 Å². The lowest BCUT2D eigenvalue weighted by Crippen LogP contribution is -2.42. The molecule has 6 heteroatoms. The van der Waals surface area contributed by atoms with Crippen LogP contribution in [0.1, 0.15) is 50.5 Å². The number of nitrogens with zero attached hydrogens (tertiary/aromatic N) is 3. The van der Waals surface area contributed by atoms with Crippen LogP contribution in [-0.2, 0) is 4.79 Å². The number of benzene rings is 1. The van der Waals surface area contributed by atoms with Crippen molar-refractivity contribution < 1.29 is 9.21 Å². The molecular formula is C22H30N4O2. The third kappa shape index (κ3) is 4.54. The zero-order valence-electron chi connectivity index (χ0n) is 16.7. The summed E-state index contributed by atoms with van der Waals surface area (Å²) in [6.07, 6.45) is 8.17. The molecule has 1 N–H and O–H groups in total. The molecule has 1 aliphatic carbocycles. The van der Waals surface area contributed by atoms with Gasteiger partial charge in [-0.25, -0.2) is 0 Å². The number of hydrogen-bond acceptors (Lipinski definition) is 5. The minimum atomic E-state index is 0.0966. The molecule has 0 bridgehead atoms. The summed E-state index contributed by atoms with van der Waals surface area (Å²) in [6.45, 7) is 4.45. The predicted molar refractivity (Wildman–Crippen MR) is 109 cm³/mol. The standard InChI is InChI=1S/C22H30N4O2/c1-16-7-9-19(10-8-16)21-24-25-22(28-21)26-13-11-18(12-14-26)20(27)23-15-17-5-3-2-4-6-17/h7-10,17-18H,2-6,11-15H2,1H3,(H,23,27). The Morgan fingerprint density at radius 1 is 1.07 bits per heavy atom. The van der Waals surface area contributed by atoms with Crippen LogP contribution in [0.5, 0.6) is 0 Å². The van der Waals surface area contributed by atoms with Crippen LogP contribution in [-0.4, -0.2) is 35.7 Å². The van der Waals surface area contributed by atoms with Crippen molar-refractivity contribution in [2.45, 2.75) is 51.9 Å². The highest BCUT2D eigenvalue weighted by atomic mass is 16.4. The third-order valence-electron chi connectivity index (χ3n) is 6.14. The first-order valence-electron chi connectivity index (χ1n) is 10.6. The van der Waals surface area contributed by atoms with E-state index in [1.807, 2.05) is 24.3 Å². The number of carbonyl (C=O) groups is 1. The van der Waals surface area contributed by atoms with Gasteiger partial charge in [-0.1, -0.05) is 42.1 Å². The second kappa shape index (κ2) is 8.76. The van der Waals surface area contributed by atoms with E-state index in [1.165, 1.54) is 37.7 Å². The second-order valence-corrected chi connectivity index (χ2v) is 8.27. The van der Waals surface area contributed by atoms with Crippen molar-refractivity contribution in [1.82, 2.24) is 15.5 Å². The summed E-state index contributed by atoms with van der Waals surface area (Å²) >= 11 is 0. The molecule has 0 spiro atoms. The van der Waals surface area contributed by atoms with E-state index in [0.717, 1.165) is 38.0 Å². The summed E-state index contributed by atoms with van der Waals surface area (Å²) in [4.78, 5) is 14.6. The first-order valence-corrected chi connectivity index (χ1v) is 10.6. The van der Waals surface area contributed by atoms with Gasteiger partial charge in [0.15, 0.2) is 0 Å². The highest BCUT2D eigenvalue weighted by molar-refractivity contribution is 5.78. The molecule has 0 unspecified atom stereocenters. The topological polar surface area (TPSA) is 71.3 Å². The molecule has 6 nitrogen and oxygen atoms in total. The van der Waals surface area contributed by atoms with E-state index in [1.54, 1.807) is 0 Å². The van der Waals surface area contributed by atoms with Crippen molar-refractivity contribution in [2.24, 2.45) is 11.8 Å². The number of aromatic nitrogens is 2. The fourth-order valence-corrected chi connectivity index (χ4v) is 4.27. The first-order chi connectivity index (χ1) is 13.7. The summed E-state index contributed by atoms with van der Waals surface area (Å²) in [7, 11) is 0. The Kier molecular flexibility index (Phi) is 5.93. The molecule has 2 aliphatic rings. The van der Waals surface area contributed by atoms with Gasteiger partial charge in [-0.3, -0.25) is 4.79 Å². The smallest absolute Gasteiger partial charge is 0.318 e. The number of piperidine rings is 1. The largest absolute Gasteiger partial charge is 0.403 e. The van der Waals surface area contributed by atoms with E-state index in [0.29, 0.717) is 17.8 Å². The normalized spacial score (nSPS) is 19.0. The monoisotopic (exact) mass is 382 g/mol. The quantitative estimate of drug-likeness (QED) is 0.847. The Bertz CT molecular complexity index is 772. The SMILES string of the molecule is Cc1ccc(-c2nnc(N3CCC(C(=O)NCC4CCCCC4)CC3)o2)cc1. The average Bonchev–Trinajstić information content (AvgIpc) is 3.24. The van der Waals surface area contributed by atoms with Crippen LogP contribution in [0.15, 0.2) is 28.7 Å². The van der Waals surface area contributed by atoms with E-state index in [-0.39, 0.29) is 11.8 Å². The third-order valence-corrected chi connectivity index (χ3v) is 6.14. The molecule has 1 aromatic carbocycles. The minimum absolute atomic E-state index is 0.0966. The van der Waals surface area contributed by atoms with Gasteiger partial charge in [0.2, 0.25) is 11.8 Å². The molecule has 2 heterocycles. The maximum Gasteiger partial charge on any atom is 0.318 e. The van der Waals surface area contributed by atoms with Gasteiger partial charge in [0, 0.05) is 31.1 Å². The van der Waals surface area contributed by atoms with E-state index in [4.69, 9.17) is 4.42 Å². The molecule has 2 fully saturated rings. The van der Waals surface area contributed by atoms with Gasteiger partial charge >= 0.3 is 6.01 Å². The molecule has 4 rings (SSSR count). The molecule has 0 atom stereocenters. The second-order valence-electron chi connectivity index (χ2n) is 8.27. The highest BCUT2D eigenvalue weighted by Gasteiger charge is 2.28. The Labute approximate surface area is 166 Å². The van der Waals surface area contributed by atoms with E-state index in [2.05, 4.69) is 27.3 Å². The van der Waals surface area contributed by atoms with Crippen molar-refractivity contribution in [1.29, 1.82) is 0 Å². The summed E-state index contributed by atoms with van der Waals surface area (Å²) < 4.78 is 5.87. The predicted octanol–water partition coefficient (Wildman–Crippen LogP) is 3.96. The van der Waals surface area contributed by atoms with Crippen LogP contribution in [0.4, 0.5) is 6.01 Å². The van der Waals surface area contributed by atoms with Gasteiger partial charge in [-0.2, -0.15) is 0 Å². The molecule has 2 aromatic rings. The van der Waals surface area contributed by atoms with Crippen LogP contribution in [0.2, 0.25) is 0 Å². The fourth-order valence-electron chi connectivity index (χ4n) is 4.27. The number of rotatable bonds is 5. The van der Waals surface area contributed by atoms with Gasteiger partial charge in [-0.05, 0) is 50.7 Å². The maximum atomic E-state index is 12.5. The van der Waals surface area contributed by atoms with Crippen LogP contribution in [0.3, 0.4) is 0 Å². The number of nitrogens with one attached hydrogen (secondary N) is 1. The van der Waals surface area contributed by atoms with Gasteiger partial charge in [-0.15, -0.1) is 5.10 Å². The van der Waals surface area contributed by atoms with Crippen LogP contribution in [0.25, 0.3) is 11.5 Å². The molecule has 0 radical (unpaired) electrons. The van der Waals surface area contributed by atoms with Crippen molar-refractivity contribution in [3.63, 3.8) is 0 Å². The summed E-state index contributed by atoms with van der Waals surface area (Å²) in [5.74, 6) is 1.54. The van der Waals surface area contributed by atoms with Crippen LogP contribution >= 0.6 is 0 Å². The Hall–Kier alpha value is -2.37. The molecule has 150 valence electrons. The molecule has 1 saturated carbocycles. The Morgan fingerprint density at radius 2 is 1.79 bits per heavy atom. The van der Waals surface area contributed by atoms with Crippen molar-refractivity contribution >= 4 is 11.9 Å². The number of anilines is 1. The number of aryl methyl sites for hydroxylation is 1. The summed E-state index contributed by atoms with van der Waals surface area (Å²) in [5.41, 5.74) is 2.13. The zero-order chi connectivity index (χ0) is 19.3. The highest BCUT2D eigenvalue weighted by Crippen LogP contribution is 2.27. The van der Waals surface area contributed by atoms with Crippen molar-refractivity contribution in [3.05, 3.63) is 29.8 Å². The maximum absolute atomic E-state index is 12.5. The molecular weight excluding hydrogens is 352 g/mol. The minimum Gasteiger partial charge on any atom is -0.403 e. The van der Waals surface area contributed by atoms with E-state index >= 15 is 0 Å². The zero-order valence-corrected chi connectivity index (χ0v) is 16.7. The lowest BCUT2D eigenvalue weighted by atomic mass is 9.89. The molecule has 1 amide bonds. The van der Waals surface area contributed by atoms with E-state index in [9.17, 15) is 4.79 Å². The molecule has 1 aliphatic heterocycles. The Balaban J connectivity index is 1.27. The van der Waals surface area contributed by atoms with Crippen LogP contribution in [0, 0.1) is 18.8 Å². The number of amides is 1. The molecule has 1 aromatic heterocycles.